The lowest BCUT2D eigenvalue weighted by Crippen LogP contribution is -2.29. The van der Waals surface area contributed by atoms with Gasteiger partial charge in [-0.25, -0.2) is 24.7 Å². The van der Waals surface area contributed by atoms with Gasteiger partial charge in [0, 0.05) is 13.1 Å². The molecular weight excluding hydrogens is 420 g/mol. The van der Waals surface area contributed by atoms with Crippen LogP contribution in [0.5, 0.6) is 0 Å². The highest BCUT2D eigenvalue weighted by atomic mass is 16.2. The number of hydrogen-bond donors (Lipinski definition) is 1. The Balaban J connectivity index is 1.33. The first kappa shape index (κ1) is 20.9. The molecule has 0 aliphatic carbocycles. The number of unbranched alkanes of at least 4 members (excludes halogenated alkanes) is 3. The van der Waals surface area contributed by atoms with Crippen LogP contribution in [0.3, 0.4) is 0 Å². The number of nitrogens with one attached hydrogen (secondary N) is 1. The molecule has 10 nitrogen and oxygen atoms in total. The fourth-order valence-corrected chi connectivity index (χ4v) is 4.16. The second-order valence-corrected chi connectivity index (χ2v) is 8.32. The molecule has 0 fully saturated rings. The van der Waals surface area contributed by atoms with E-state index in [0.717, 1.165) is 65.6 Å². The van der Waals surface area contributed by atoms with Crippen molar-refractivity contribution in [1.82, 2.24) is 39.0 Å². The quantitative estimate of drug-likeness (QED) is 0.302. The molecule has 168 valence electrons. The maximum atomic E-state index is 12.4. The zero-order valence-electron chi connectivity index (χ0n) is 18.6. The van der Waals surface area contributed by atoms with E-state index in [1.807, 2.05) is 29.0 Å². The van der Waals surface area contributed by atoms with Crippen LogP contribution in [0.15, 0.2) is 40.6 Å². The minimum atomic E-state index is -0.650. The number of aryl methyl sites for hydroxylation is 4. The van der Waals surface area contributed by atoms with Gasteiger partial charge >= 0.3 is 5.69 Å². The molecule has 33 heavy (non-hydrogen) atoms. The Labute approximate surface area is 188 Å². The zero-order chi connectivity index (χ0) is 22.9. The predicted molar refractivity (Wildman–Crippen MR) is 124 cm³/mol. The molecule has 3 aromatic rings. The molecular formula is C23H24N8O2. The zero-order valence-corrected chi connectivity index (χ0v) is 18.6. The van der Waals surface area contributed by atoms with Crippen LogP contribution in [0.25, 0.3) is 33.7 Å². The van der Waals surface area contributed by atoms with Gasteiger partial charge < -0.3 is 9.13 Å². The highest BCUT2D eigenvalue weighted by molar-refractivity contribution is 5.81. The molecule has 0 radical (unpaired) electrons. The molecule has 0 saturated heterocycles. The van der Waals surface area contributed by atoms with Crippen LogP contribution in [-0.2, 0) is 13.1 Å². The van der Waals surface area contributed by atoms with Crippen molar-refractivity contribution in [2.45, 2.75) is 52.6 Å². The number of rotatable bonds is 7. The summed E-state index contributed by atoms with van der Waals surface area (Å²) in [6.45, 7) is 5.55. The van der Waals surface area contributed by atoms with Gasteiger partial charge in [-0.1, -0.05) is 12.8 Å². The van der Waals surface area contributed by atoms with Gasteiger partial charge in [0.05, 0.1) is 23.6 Å². The maximum Gasteiger partial charge on any atom is 0.349 e. The minimum Gasteiger partial charge on any atom is -0.322 e. The first-order valence-electron chi connectivity index (χ1n) is 11.0. The summed E-state index contributed by atoms with van der Waals surface area (Å²) in [4.78, 5) is 47.7. The minimum absolute atomic E-state index is 0.194. The van der Waals surface area contributed by atoms with Crippen LogP contribution >= 0.6 is 0 Å². The van der Waals surface area contributed by atoms with Gasteiger partial charge in [-0.2, -0.15) is 4.98 Å². The largest absolute Gasteiger partial charge is 0.349 e. The number of benzene rings is 1. The van der Waals surface area contributed by atoms with Crippen molar-refractivity contribution in [2.75, 3.05) is 0 Å². The number of H-pyrrole nitrogens is 1. The van der Waals surface area contributed by atoms with E-state index in [0.29, 0.717) is 12.4 Å². The van der Waals surface area contributed by atoms with E-state index < -0.39 is 11.2 Å². The topological polar surface area (TPSA) is 124 Å². The summed E-state index contributed by atoms with van der Waals surface area (Å²) in [6, 6.07) is 4.03. The summed E-state index contributed by atoms with van der Waals surface area (Å²) >= 11 is 0. The van der Waals surface area contributed by atoms with Crippen molar-refractivity contribution >= 4 is 22.2 Å². The van der Waals surface area contributed by atoms with Crippen molar-refractivity contribution in [3.8, 4) is 11.5 Å². The Bertz CT molecular complexity index is 1550. The van der Waals surface area contributed by atoms with Crippen LogP contribution in [0.1, 0.15) is 36.8 Å². The van der Waals surface area contributed by atoms with Gasteiger partial charge in [-0.15, -0.1) is 0 Å². The highest BCUT2D eigenvalue weighted by Gasteiger charge is 2.19. The SMILES string of the molecule is Cc1cc2nc3c(=O)[nH]c(=O)nc-3n(CCCCCCn3cnc4cncnc43)c2cc1C. The van der Waals surface area contributed by atoms with E-state index in [4.69, 9.17) is 0 Å². The van der Waals surface area contributed by atoms with Gasteiger partial charge in [-0.05, 0) is 49.9 Å². The molecule has 0 spiro atoms. The van der Waals surface area contributed by atoms with Crippen molar-refractivity contribution in [3.05, 3.63) is 62.9 Å². The predicted octanol–water partition coefficient (Wildman–Crippen LogP) is 2.60. The highest BCUT2D eigenvalue weighted by Crippen LogP contribution is 2.24. The van der Waals surface area contributed by atoms with Gasteiger partial charge in [-0.3, -0.25) is 9.78 Å². The van der Waals surface area contributed by atoms with Gasteiger partial charge in [0.25, 0.3) is 5.56 Å². The lowest BCUT2D eigenvalue weighted by Gasteiger charge is -2.17. The van der Waals surface area contributed by atoms with Gasteiger partial charge in [0.1, 0.15) is 11.8 Å². The number of imidazole rings is 1. The summed E-state index contributed by atoms with van der Waals surface area (Å²) in [5, 5.41) is 0. The first-order chi connectivity index (χ1) is 16.0. The van der Waals surface area contributed by atoms with Crippen molar-refractivity contribution in [3.63, 3.8) is 0 Å². The molecule has 0 amide bonds. The number of nitrogens with zero attached hydrogens (tertiary/aromatic N) is 7. The first-order valence-corrected chi connectivity index (χ1v) is 11.0. The van der Waals surface area contributed by atoms with E-state index in [9.17, 15) is 9.59 Å². The molecule has 0 bridgehead atoms. The van der Waals surface area contributed by atoms with E-state index in [-0.39, 0.29) is 5.69 Å². The average Bonchev–Trinajstić information content (AvgIpc) is 3.20. The maximum absolute atomic E-state index is 12.4. The molecule has 2 aromatic heterocycles. The van der Waals surface area contributed by atoms with E-state index >= 15 is 0 Å². The Hall–Kier alpha value is -3.95. The average molecular weight is 444 g/mol. The summed E-state index contributed by atoms with van der Waals surface area (Å²) in [7, 11) is 0. The van der Waals surface area contributed by atoms with E-state index in [1.54, 1.807) is 12.5 Å². The van der Waals surface area contributed by atoms with Crippen LogP contribution in [-0.4, -0.2) is 39.0 Å². The Morgan fingerprint density at radius 3 is 2.55 bits per heavy atom. The second-order valence-electron chi connectivity index (χ2n) is 8.32. The molecule has 1 N–H and O–H groups in total. The summed E-state index contributed by atoms with van der Waals surface area (Å²) < 4.78 is 4.01. The monoisotopic (exact) mass is 444 g/mol. The number of aromatic nitrogens is 8. The summed E-state index contributed by atoms with van der Waals surface area (Å²) in [6.07, 6.45) is 8.98. The third kappa shape index (κ3) is 3.99. The fourth-order valence-electron chi connectivity index (χ4n) is 4.16. The summed E-state index contributed by atoms with van der Waals surface area (Å²) in [5.74, 6) is 0.337. The standard InChI is InChI=1S/C23H24N8O2/c1-14-9-16-18(10-15(14)2)31(21-19(27-16)22(32)29-23(33)28-21)8-6-4-3-5-7-30-13-26-17-11-24-12-25-20(17)30/h9-13H,3-8H2,1-2H3,(H,29,32,33). The van der Waals surface area contributed by atoms with Gasteiger partial charge in [0.2, 0.25) is 0 Å². The molecule has 5 rings (SSSR count). The second kappa shape index (κ2) is 8.53. The molecule has 0 unspecified atom stereocenters. The van der Waals surface area contributed by atoms with E-state index in [1.165, 1.54) is 6.33 Å². The number of aromatic amines is 1. The van der Waals surface area contributed by atoms with E-state index in [2.05, 4.69) is 36.0 Å². The van der Waals surface area contributed by atoms with Crippen molar-refractivity contribution in [2.24, 2.45) is 0 Å². The number of fused-ring (bicyclic) bond motifs is 3. The smallest absolute Gasteiger partial charge is 0.322 e. The third-order valence-corrected chi connectivity index (χ3v) is 6.04. The van der Waals surface area contributed by atoms with Crippen LogP contribution in [0.2, 0.25) is 0 Å². The van der Waals surface area contributed by atoms with Crippen molar-refractivity contribution < 1.29 is 0 Å². The molecule has 0 saturated carbocycles. The van der Waals surface area contributed by atoms with Crippen LogP contribution in [0, 0.1) is 13.8 Å². The van der Waals surface area contributed by atoms with Crippen LogP contribution < -0.4 is 11.2 Å². The fraction of sp³-hybridized carbons (Fsp3) is 0.348. The Morgan fingerprint density at radius 1 is 0.909 bits per heavy atom. The third-order valence-electron chi connectivity index (χ3n) is 6.04. The normalized spacial score (nSPS) is 11.7. The van der Waals surface area contributed by atoms with Gasteiger partial charge in [0.15, 0.2) is 17.2 Å². The summed E-state index contributed by atoms with van der Waals surface area (Å²) in [5.41, 5.74) is 4.53. The lowest BCUT2D eigenvalue weighted by molar-refractivity contribution is 0.546. The van der Waals surface area contributed by atoms with Crippen molar-refractivity contribution in [1.29, 1.82) is 0 Å². The molecule has 1 aromatic carbocycles. The molecule has 0 atom stereocenters. The molecule has 10 heteroatoms. The lowest BCUT2D eigenvalue weighted by atomic mass is 10.1. The van der Waals surface area contributed by atoms with Crippen LogP contribution in [0.4, 0.5) is 0 Å². The Kier molecular flexibility index (Phi) is 5.41. The molecule has 2 aliphatic heterocycles. The number of hydrogen-bond acceptors (Lipinski definition) is 7. The Morgan fingerprint density at radius 2 is 1.70 bits per heavy atom. The molecule has 2 aliphatic rings. The molecule has 4 heterocycles.